The first kappa shape index (κ1) is 10.7. The fourth-order valence-electron chi connectivity index (χ4n) is 1.31. The lowest BCUT2D eigenvalue weighted by molar-refractivity contribution is -0.144. The highest BCUT2D eigenvalue weighted by molar-refractivity contribution is 5.88. The highest BCUT2D eigenvalue weighted by Gasteiger charge is 2.35. The number of H-pyrrole nitrogens is 1. The van der Waals surface area contributed by atoms with Gasteiger partial charge in [-0.3, -0.25) is 5.21 Å². The zero-order valence-electron chi connectivity index (χ0n) is 7.62. The largest absolute Gasteiger partial charge is 0.733 e. The summed E-state index contributed by atoms with van der Waals surface area (Å²) >= 11 is 0. The maximum atomic E-state index is 12.3. The van der Waals surface area contributed by atoms with E-state index in [1.807, 2.05) is 4.98 Å². The third-order valence-corrected chi connectivity index (χ3v) is 1.97. The van der Waals surface area contributed by atoms with Gasteiger partial charge in [0.15, 0.2) is 0 Å². The number of anilines is 1. The summed E-state index contributed by atoms with van der Waals surface area (Å²) in [7, 11) is 0. The van der Waals surface area contributed by atoms with Crippen molar-refractivity contribution < 1.29 is 18.4 Å². The highest BCUT2D eigenvalue weighted by atomic mass is 19.4. The molecule has 0 amide bonds. The van der Waals surface area contributed by atoms with Crippen LogP contribution in [0.15, 0.2) is 18.2 Å². The second-order valence-electron chi connectivity index (χ2n) is 3.03. The normalized spacial score (nSPS) is 12.1. The quantitative estimate of drug-likeness (QED) is 0.739. The van der Waals surface area contributed by atoms with E-state index in [1.165, 1.54) is 12.1 Å². The van der Waals surface area contributed by atoms with E-state index in [0.29, 0.717) is 0 Å². The summed E-state index contributed by atoms with van der Waals surface area (Å²) in [5.41, 5.74) is -0.545. The minimum absolute atomic E-state index is 0.0275. The van der Waals surface area contributed by atoms with Crippen molar-refractivity contribution in [3.8, 4) is 0 Å². The molecule has 2 aromatic rings. The average Bonchev–Trinajstić information content (AvgIpc) is 2.59. The summed E-state index contributed by atoms with van der Waals surface area (Å²) < 4.78 is 36.9. The van der Waals surface area contributed by atoms with E-state index in [9.17, 15) is 18.4 Å². The van der Waals surface area contributed by atoms with Crippen LogP contribution >= 0.6 is 0 Å². The first-order valence-electron chi connectivity index (χ1n) is 4.11. The summed E-state index contributed by atoms with van der Waals surface area (Å²) in [6.45, 7) is 0. The molecule has 0 fully saturated rings. The number of hydrogen-bond acceptors (Lipinski definition) is 4. The Morgan fingerprint density at radius 2 is 2.06 bits per heavy atom. The van der Waals surface area contributed by atoms with Gasteiger partial charge >= 0.3 is 6.18 Å². The van der Waals surface area contributed by atoms with Crippen molar-refractivity contribution in [3.63, 3.8) is 0 Å². The van der Waals surface area contributed by atoms with Gasteiger partial charge in [0.1, 0.15) is 5.52 Å². The molecule has 0 spiro atoms. The van der Waals surface area contributed by atoms with Crippen LogP contribution in [-0.4, -0.2) is 15.2 Å². The first-order valence-corrected chi connectivity index (χ1v) is 4.11. The van der Waals surface area contributed by atoms with Crippen LogP contribution in [-0.2, 0) is 6.18 Å². The molecule has 0 saturated heterocycles. The SMILES string of the molecule is [O-]N(O)c1cccc2[nH]c(C(F)(F)F)nc12. The molecule has 0 radical (unpaired) electrons. The number of benzene rings is 1. The Balaban J connectivity index is 2.66. The Kier molecular flexibility index (Phi) is 2.25. The second-order valence-corrected chi connectivity index (χ2v) is 3.03. The van der Waals surface area contributed by atoms with Crippen LogP contribution in [0, 0.1) is 5.21 Å². The molecule has 86 valence electrons. The number of fused-ring (bicyclic) bond motifs is 1. The van der Waals surface area contributed by atoms with Gasteiger partial charge in [-0.05, 0) is 12.1 Å². The van der Waals surface area contributed by atoms with Gasteiger partial charge in [-0.15, -0.1) is 0 Å². The van der Waals surface area contributed by atoms with E-state index < -0.39 is 17.2 Å². The van der Waals surface area contributed by atoms with Gasteiger partial charge in [0.2, 0.25) is 5.82 Å². The van der Waals surface area contributed by atoms with Crippen LogP contribution in [0.1, 0.15) is 5.82 Å². The Morgan fingerprint density at radius 1 is 1.38 bits per heavy atom. The number of nitrogens with zero attached hydrogens (tertiary/aromatic N) is 2. The molecule has 2 N–H and O–H groups in total. The van der Waals surface area contributed by atoms with Crippen molar-refractivity contribution in [2.24, 2.45) is 0 Å². The molecular formula is C8H5F3N3O2-. The zero-order valence-corrected chi connectivity index (χ0v) is 7.62. The Morgan fingerprint density at radius 3 is 2.62 bits per heavy atom. The smallest absolute Gasteiger partial charge is 0.449 e. The summed E-state index contributed by atoms with van der Waals surface area (Å²) in [6, 6.07) is 3.82. The monoisotopic (exact) mass is 232 g/mol. The lowest BCUT2D eigenvalue weighted by Crippen LogP contribution is -2.08. The van der Waals surface area contributed by atoms with Gasteiger partial charge in [0, 0.05) is 0 Å². The van der Waals surface area contributed by atoms with Crippen molar-refractivity contribution in [3.05, 3.63) is 29.2 Å². The second kappa shape index (κ2) is 3.35. The van der Waals surface area contributed by atoms with Crippen molar-refractivity contribution >= 4 is 16.7 Å². The molecule has 0 atom stereocenters. The molecule has 0 unspecified atom stereocenters. The number of aromatic nitrogens is 2. The van der Waals surface area contributed by atoms with Crippen LogP contribution in [0.5, 0.6) is 0 Å². The van der Waals surface area contributed by atoms with E-state index in [-0.39, 0.29) is 16.7 Å². The number of alkyl halides is 3. The lowest BCUT2D eigenvalue weighted by Gasteiger charge is -2.21. The fraction of sp³-hybridized carbons (Fsp3) is 0.125. The van der Waals surface area contributed by atoms with E-state index in [0.717, 1.165) is 6.07 Å². The molecule has 1 aromatic carbocycles. The molecule has 1 aromatic heterocycles. The average molecular weight is 232 g/mol. The Hall–Kier alpha value is -1.80. The van der Waals surface area contributed by atoms with Gasteiger partial charge < -0.3 is 15.4 Å². The predicted octanol–water partition coefficient (Wildman–Crippen LogP) is 2.28. The zero-order chi connectivity index (χ0) is 11.9. The summed E-state index contributed by atoms with van der Waals surface area (Å²) in [6.07, 6.45) is -4.63. The van der Waals surface area contributed by atoms with Crippen molar-refractivity contribution in [1.82, 2.24) is 9.97 Å². The first-order chi connectivity index (χ1) is 7.39. The molecule has 0 aliphatic rings. The summed E-state index contributed by atoms with van der Waals surface area (Å²) in [5.74, 6) is -1.21. The summed E-state index contributed by atoms with van der Waals surface area (Å²) in [4.78, 5) is 5.24. The van der Waals surface area contributed by atoms with Crippen LogP contribution in [0.4, 0.5) is 18.9 Å². The molecule has 0 bridgehead atoms. The van der Waals surface area contributed by atoms with Crippen molar-refractivity contribution in [1.29, 1.82) is 0 Å². The number of rotatable bonds is 1. The maximum Gasteiger partial charge on any atom is 0.449 e. The molecule has 1 heterocycles. The van der Waals surface area contributed by atoms with E-state index >= 15 is 0 Å². The highest BCUT2D eigenvalue weighted by Crippen LogP contribution is 2.31. The van der Waals surface area contributed by atoms with Gasteiger partial charge in [0.05, 0.1) is 11.2 Å². The Labute approximate surface area is 86.7 Å². The fourth-order valence-corrected chi connectivity index (χ4v) is 1.31. The van der Waals surface area contributed by atoms with Crippen LogP contribution in [0.2, 0.25) is 0 Å². The minimum atomic E-state index is -4.63. The van der Waals surface area contributed by atoms with Gasteiger partial charge in [-0.25, -0.2) is 4.98 Å². The van der Waals surface area contributed by atoms with Gasteiger partial charge in [-0.2, -0.15) is 13.2 Å². The number of hydrogen-bond donors (Lipinski definition) is 2. The van der Waals surface area contributed by atoms with Crippen molar-refractivity contribution in [2.45, 2.75) is 6.18 Å². The summed E-state index contributed by atoms with van der Waals surface area (Å²) in [5, 5.41) is 18.8. The van der Waals surface area contributed by atoms with Crippen LogP contribution in [0.25, 0.3) is 11.0 Å². The molecule has 2 rings (SSSR count). The van der Waals surface area contributed by atoms with E-state index in [4.69, 9.17) is 5.21 Å². The van der Waals surface area contributed by atoms with Gasteiger partial charge in [-0.1, -0.05) is 6.07 Å². The van der Waals surface area contributed by atoms with Crippen LogP contribution in [0.3, 0.4) is 0 Å². The van der Waals surface area contributed by atoms with E-state index in [2.05, 4.69) is 4.98 Å². The molecule has 5 nitrogen and oxygen atoms in total. The maximum absolute atomic E-state index is 12.3. The predicted molar refractivity (Wildman–Crippen MR) is 48.7 cm³/mol. The number of para-hydroxylation sites is 1. The molecular weight excluding hydrogens is 227 g/mol. The van der Waals surface area contributed by atoms with Gasteiger partial charge in [0.25, 0.3) is 0 Å². The molecule has 0 saturated carbocycles. The number of nitrogens with one attached hydrogen (secondary N) is 1. The lowest BCUT2D eigenvalue weighted by atomic mass is 10.3. The van der Waals surface area contributed by atoms with E-state index in [1.54, 1.807) is 0 Å². The third-order valence-electron chi connectivity index (χ3n) is 1.97. The molecule has 16 heavy (non-hydrogen) atoms. The molecule has 8 heteroatoms. The standard InChI is InChI=1S/C8H5F3N3O2/c9-8(10,11)7-12-4-2-1-3-5(14(15)16)6(4)13-7/h1-3,15H,(H,12,13)/q-1. The Bertz CT molecular complexity index is 521. The van der Waals surface area contributed by atoms with Crippen molar-refractivity contribution in [2.75, 3.05) is 5.23 Å². The van der Waals surface area contributed by atoms with Crippen LogP contribution < -0.4 is 5.23 Å². The minimum Gasteiger partial charge on any atom is -0.733 e. The topological polar surface area (TPSA) is 75.2 Å². The number of imidazole rings is 1. The molecule has 0 aliphatic heterocycles. The third kappa shape index (κ3) is 1.68. The molecule has 0 aliphatic carbocycles. The number of aromatic amines is 1. The number of halogens is 3.